The van der Waals surface area contributed by atoms with Crippen molar-refractivity contribution in [2.24, 2.45) is 0 Å². The fraction of sp³-hybridized carbons (Fsp3) is 0.0714. The fourth-order valence-corrected chi connectivity index (χ4v) is 2.70. The second-order valence-corrected chi connectivity index (χ2v) is 5.18. The molecule has 0 saturated carbocycles. The number of fused-ring (bicyclic) bond motifs is 1. The lowest BCUT2D eigenvalue weighted by Gasteiger charge is -2.09. The lowest BCUT2D eigenvalue weighted by atomic mass is 10.0. The fourth-order valence-electron chi connectivity index (χ4n) is 2.11. The normalized spacial score (nSPS) is 11.1. The van der Waals surface area contributed by atoms with Gasteiger partial charge in [0.1, 0.15) is 0 Å². The molecule has 0 fully saturated rings. The second kappa shape index (κ2) is 4.44. The van der Waals surface area contributed by atoms with Crippen LogP contribution in [0, 0.1) is 6.92 Å². The van der Waals surface area contributed by atoms with Crippen LogP contribution in [0.1, 0.15) is 5.56 Å². The smallest absolute Gasteiger partial charge is 0.306 e. The molecular weight excluding hydrogens is 283 g/mol. The number of H-pyrrole nitrogens is 2. The highest BCUT2D eigenvalue weighted by molar-refractivity contribution is 6.39. The number of benzene rings is 2. The Morgan fingerprint density at radius 2 is 1.74 bits per heavy atom. The van der Waals surface area contributed by atoms with E-state index in [-0.39, 0.29) is 5.69 Å². The number of rotatable bonds is 1. The van der Waals surface area contributed by atoms with E-state index >= 15 is 0 Å². The topological polar surface area (TPSA) is 48.6 Å². The summed E-state index contributed by atoms with van der Waals surface area (Å²) in [4.78, 5) is 16.7. The summed E-state index contributed by atoms with van der Waals surface area (Å²) in [6.07, 6.45) is 0. The van der Waals surface area contributed by atoms with Gasteiger partial charge >= 0.3 is 5.69 Å². The van der Waals surface area contributed by atoms with Crippen LogP contribution >= 0.6 is 23.2 Å². The first-order valence-corrected chi connectivity index (χ1v) is 6.49. The molecule has 1 aromatic heterocycles. The molecule has 1 heterocycles. The van der Waals surface area contributed by atoms with Crippen LogP contribution in [0.4, 0.5) is 0 Å². The Balaban J connectivity index is 2.29. The summed E-state index contributed by atoms with van der Waals surface area (Å²) in [6, 6.07) is 9.28. The van der Waals surface area contributed by atoms with Crippen molar-refractivity contribution in [3.05, 3.63) is 56.4 Å². The third kappa shape index (κ3) is 2.05. The number of imidazole rings is 1. The molecule has 5 heteroatoms. The van der Waals surface area contributed by atoms with Gasteiger partial charge in [-0.25, -0.2) is 4.79 Å². The summed E-state index contributed by atoms with van der Waals surface area (Å²) in [5.74, 6) is 0. The molecule has 2 N–H and O–H groups in total. The first-order chi connectivity index (χ1) is 9.06. The average molecular weight is 293 g/mol. The van der Waals surface area contributed by atoms with Gasteiger partial charge < -0.3 is 9.97 Å². The monoisotopic (exact) mass is 292 g/mol. The van der Waals surface area contributed by atoms with E-state index < -0.39 is 0 Å². The lowest BCUT2D eigenvalue weighted by Crippen LogP contribution is -1.99. The third-order valence-electron chi connectivity index (χ3n) is 3.09. The number of aryl methyl sites for hydroxylation is 1. The van der Waals surface area contributed by atoms with Crippen molar-refractivity contribution in [3.8, 4) is 11.1 Å². The van der Waals surface area contributed by atoms with Crippen LogP contribution in [0.5, 0.6) is 0 Å². The van der Waals surface area contributed by atoms with Crippen molar-refractivity contribution in [3.63, 3.8) is 0 Å². The molecular formula is C14H10Cl2N2O. The van der Waals surface area contributed by atoms with E-state index in [1.165, 1.54) is 0 Å². The first-order valence-electron chi connectivity index (χ1n) is 5.73. The summed E-state index contributed by atoms with van der Waals surface area (Å²) in [6.45, 7) is 1.93. The van der Waals surface area contributed by atoms with Gasteiger partial charge in [0.15, 0.2) is 0 Å². The maximum absolute atomic E-state index is 11.3. The number of nitrogens with one attached hydrogen (secondary N) is 2. The number of halogens is 2. The summed E-state index contributed by atoms with van der Waals surface area (Å²) < 4.78 is 0. The van der Waals surface area contributed by atoms with E-state index in [9.17, 15) is 4.79 Å². The SMILES string of the molecule is Cc1ccc(Cl)c(-c2ccc3[nH]c(=O)[nH]c3c2)c1Cl. The van der Waals surface area contributed by atoms with E-state index in [1.807, 2.05) is 37.3 Å². The molecule has 0 radical (unpaired) electrons. The zero-order valence-electron chi connectivity index (χ0n) is 10.1. The van der Waals surface area contributed by atoms with E-state index in [4.69, 9.17) is 23.2 Å². The molecule has 0 aliphatic carbocycles. The molecule has 96 valence electrons. The summed E-state index contributed by atoms with van der Waals surface area (Å²) in [7, 11) is 0. The number of aromatic amines is 2. The molecule has 0 amide bonds. The molecule has 0 saturated heterocycles. The molecule has 19 heavy (non-hydrogen) atoms. The zero-order valence-corrected chi connectivity index (χ0v) is 11.6. The van der Waals surface area contributed by atoms with Gasteiger partial charge in [0, 0.05) is 10.6 Å². The minimum Gasteiger partial charge on any atom is -0.306 e. The highest BCUT2D eigenvalue weighted by Gasteiger charge is 2.11. The number of aromatic nitrogens is 2. The van der Waals surface area contributed by atoms with Crippen molar-refractivity contribution in [2.75, 3.05) is 0 Å². The first kappa shape index (κ1) is 12.3. The lowest BCUT2D eigenvalue weighted by molar-refractivity contribution is 1.22. The molecule has 0 spiro atoms. The molecule has 2 aromatic carbocycles. The molecule has 0 aliphatic rings. The number of hydrogen-bond acceptors (Lipinski definition) is 1. The molecule has 3 nitrogen and oxygen atoms in total. The predicted octanol–water partition coefficient (Wildman–Crippen LogP) is 4.14. The maximum atomic E-state index is 11.3. The Labute approximate surface area is 119 Å². The Bertz CT molecular complexity index is 833. The molecule has 0 aliphatic heterocycles. The van der Waals surface area contributed by atoms with Crippen LogP contribution in [-0.2, 0) is 0 Å². The number of hydrogen-bond donors (Lipinski definition) is 2. The highest BCUT2D eigenvalue weighted by atomic mass is 35.5. The third-order valence-corrected chi connectivity index (χ3v) is 3.89. The largest absolute Gasteiger partial charge is 0.323 e. The van der Waals surface area contributed by atoms with Gasteiger partial charge in [0.2, 0.25) is 0 Å². The summed E-state index contributed by atoms with van der Waals surface area (Å²) in [5.41, 5.74) is 3.89. The van der Waals surface area contributed by atoms with Crippen molar-refractivity contribution < 1.29 is 0 Å². The standard InChI is InChI=1S/C14H10Cl2N2O/c1-7-2-4-9(15)12(13(7)16)8-3-5-10-11(6-8)18-14(19)17-10/h2-6H,1H3,(H2,17,18,19). The summed E-state index contributed by atoms with van der Waals surface area (Å²) >= 11 is 12.6. The molecule has 0 bridgehead atoms. The molecule has 0 unspecified atom stereocenters. The van der Waals surface area contributed by atoms with Crippen LogP contribution < -0.4 is 5.69 Å². The van der Waals surface area contributed by atoms with Gasteiger partial charge in [-0.05, 0) is 36.2 Å². The maximum Gasteiger partial charge on any atom is 0.323 e. The zero-order chi connectivity index (χ0) is 13.6. The molecule has 3 aromatic rings. The Kier molecular flexibility index (Phi) is 2.88. The van der Waals surface area contributed by atoms with Crippen LogP contribution in [0.3, 0.4) is 0 Å². The van der Waals surface area contributed by atoms with Crippen molar-refractivity contribution in [1.82, 2.24) is 9.97 Å². The van der Waals surface area contributed by atoms with Crippen LogP contribution in [0.2, 0.25) is 10.0 Å². The minimum atomic E-state index is -0.228. The van der Waals surface area contributed by atoms with Gasteiger partial charge in [-0.2, -0.15) is 0 Å². The van der Waals surface area contributed by atoms with Crippen LogP contribution in [0.15, 0.2) is 35.1 Å². The van der Waals surface area contributed by atoms with E-state index in [2.05, 4.69) is 9.97 Å². The van der Waals surface area contributed by atoms with Crippen molar-refractivity contribution >= 4 is 34.2 Å². The van der Waals surface area contributed by atoms with Crippen molar-refractivity contribution in [1.29, 1.82) is 0 Å². The Morgan fingerprint density at radius 1 is 1.00 bits per heavy atom. The highest BCUT2D eigenvalue weighted by Crippen LogP contribution is 2.37. The van der Waals surface area contributed by atoms with Crippen LogP contribution in [-0.4, -0.2) is 9.97 Å². The van der Waals surface area contributed by atoms with Gasteiger partial charge in [0.25, 0.3) is 0 Å². The molecule has 3 rings (SSSR count). The Morgan fingerprint density at radius 3 is 2.53 bits per heavy atom. The van der Waals surface area contributed by atoms with Crippen molar-refractivity contribution in [2.45, 2.75) is 6.92 Å². The average Bonchev–Trinajstić information content (AvgIpc) is 2.74. The van der Waals surface area contributed by atoms with Gasteiger partial charge in [-0.1, -0.05) is 35.3 Å². The quantitative estimate of drug-likeness (QED) is 0.696. The van der Waals surface area contributed by atoms with Gasteiger partial charge in [-0.15, -0.1) is 0 Å². The van der Waals surface area contributed by atoms with Gasteiger partial charge in [-0.3, -0.25) is 0 Å². The predicted molar refractivity (Wildman–Crippen MR) is 79.1 cm³/mol. The minimum absolute atomic E-state index is 0.228. The van der Waals surface area contributed by atoms with E-state index in [0.717, 1.165) is 27.7 Å². The Hall–Kier alpha value is -1.71. The molecule has 0 atom stereocenters. The van der Waals surface area contributed by atoms with Crippen LogP contribution in [0.25, 0.3) is 22.2 Å². The van der Waals surface area contributed by atoms with E-state index in [1.54, 1.807) is 0 Å². The van der Waals surface area contributed by atoms with Gasteiger partial charge in [0.05, 0.1) is 16.1 Å². The summed E-state index contributed by atoms with van der Waals surface area (Å²) in [5, 5.41) is 1.22. The second-order valence-electron chi connectivity index (χ2n) is 4.39. The van der Waals surface area contributed by atoms with E-state index in [0.29, 0.717) is 10.0 Å².